The molecule has 0 aromatic heterocycles. The van der Waals surface area contributed by atoms with Crippen LogP contribution < -0.4 is 4.72 Å². The highest BCUT2D eigenvalue weighted by molar-refractivity contribution is 7.91. The van der Waals surface area contributed by atoms with Crippen molar-refractivity contribution < 1.29 is 8.42 Å². The van der Waals surface area contributed by atoms with Crippen molar-refractivity contribution in [1.29, 1.82) is 0 Å². The summed E-state index contributed by atoms with van der Waals surface area (Å²) in [5.41, 5.74) is 0.942. The molecule has 0 unspecified atom stereocenters. The Labute approximate surface area is 142 Å². The summed E-state index contributed by atoms with van der Waals surface area (Å²) in [7, 11) is -3.39. The predicted octanol–water partition coefficient (Wildman–Crippen LogP) is 4.53. The molecule has 4 heteroatoms. The largest absolute Gasteiger partial charge is 0.217 e. The molecule has 0 heterocycles. The van der Waals surface area contributed by atoms with Crippen LogP contribution >= 0.6 is 0 Å². The molecule has 0 saturated carbocycles. The Balaban J connectivity index is 2.97. The molecule has 0 bridgehead atoms. The van der Waals surface area contributed by atoms with E-state index in [1.54, 1.807) is 0 Å². The van der Waals surface area contributed by atoms with Gasteiger partial charge in [-0.1, -0.05) is 65.0 Å². The van der Waals surface area contributed by atoms with Crippen LogP contribution in [0.25, 0.3) is 0 Å². The first-order valence-corrected chi connectivity index (χ1v) is 10.3. The highest BCUT2D eigenvalue weighted by Crippen LogP contribution is 2.47. The third-order valence-electron chi connectivity index (χ3n) is 5.87. The molecule has 0 fully saturated rings. The molecule has 3 nitrogen and oxygen atoms in total. The molecule has 1 rings (SSSR count). The van der Waals surface area contributed by atoms with Crippen LogP contribution in [0.3, 0.4) is 0 Å². The van der Waals surface area contributed by atoms with E-state index in [1.807, 2.05) is 44.2 Å². The van der Waals surface area contributed by atoms with E-state index in [-0.39, 0.29) is 5.41 Å². The monoisotopic (exact) mass is 339 g/mol. The molecule has 0 amide bonds. The number of benzene rings is 1. The third-order valence-corrected chi connectivity index (χ3v) is 8.55. The minimum Gasteiger partial charge on any atom is -0.214 e. The van der Waals surface area contributed by atoms with Gasteiger partial charge in [0.15, 0.2) is 0 Å². The van der Waals surface area contributed by atoms with Crippen LogP contribution in [0.15, 0.2) is 30.3 Å². The molecule has 1 aromatic rings. The van der Waals surface area contributed by atoms with Crippen LogP contribution in [0.4, 0.5) is 0 Å². The van der Waals surface area contributed by atoms with Gasteiger partial charge in [0.25, 0.3) is 0 Å². The molecule has 0 aliphatic heterocycles. The van der Waals surface area contributed by atoms with E-state index in [1.165, 1.54) is 0 Å². The predicted molar refractivity (Wildman–Crippen MR) is 99.1 cm³/mol. The molecule has 0 aliphatic carbocycles. The van der Waals surface area contributed by atoms with Crippen molar-refractivity contribution in [1.82, 2.24) is 4.72 Å². The number of nitrogens with one attached hydrogen (secondary N) is 1. The van der Waals surface area contributed by atoms with Crippen molar-refractivity contribution in [3.8, 4) is 0 Å². The summed E-state index contributed by atoms with van der Waals surface area (Å²) in [5.74, 6) is 0. The summed E-state index contributed by atoms with van der Waals surface area (Å²) in [6.07, 6.45) is 3.73. The van der Waals surface area contributed by atoms with Crippen molar-refractivity contribution in [2.24, 2.45) is 5.41 Å². The molecule has 0 spiro atoms. The molecular formula is C19H33NO2S. The molecule has 0 aliphatic rings. The van der Waals surface area contributed by atoms with Crippen molar-refractivity contribution >= 4 is 10.0 Å². The number of hydrogen-bond donors (Lipinski definition) is 1. The normalized spacial score (nSPS) is 13.3. The first-order chi connectivity index (χ1) is 10.8. The average molecular weight is 340 g/mol. The van der Waals surface area contributed by atoms with Gasteiger partial charge in [-0.25, -0.2) is 13.1 Å². The fourth-order valence-electron chi connectivity index (χ4n) is 3.81. The average Bonchev–Trinajstić information content (AvgIpc) is 2.56. The molecule has 23 heavy (non-hydrogen) atoms. The maximum atomic E-state index is 13.2. The van der Waals surface area contributed by atoms with Gasteiger partial charge in [-0.2, -0.15) is 0 Å². The number of sulfonamides is 1. The van der Waals surface area contributed by atoms with Crippen LogP contribution in [0, 0.1) is 5.41 Å². The quantitative estimate of drug-likeness (QED) is 0.680. The fraction of sp³-hybridized carbons (Fsp3) is 0.684. The van der Waals surface area contributed by atoms with Gasteiger partial charge in [-0.3, -0.25) is 0 Å². The lowest BCUT2D eigenvalue weighted by atomic mass is 9.69. The lowest BCUT2D eigenvalue weighted by molar-refractivity contribution is 0.178. The lowest BCUT2D eigenvalue weighted by Crippen LogP contribution is -2.56. The third kappa shape index (κ3) is 3.97. The Morgan fingerprint density at radius 2 is 1.43 bits per heavy atom. The second kappa shape index (κ2) is 8.29. The van der Waals surface area contributed by atoms with Gasteiger partial charge in [0.1, 0.15) is 0 Å². The van der Waals surface area contributed by atoms with Crippen LogP contribution in [0.2, 0.25) is 0 Å². The summed E-state index contributed by atoms with van der Waals surface area (Å²) in [5, 5.41) is 0. The highest BCUT2D eigenvalue weighted by Gasteiger charge is 2.52. The number of hydrogen-bond acceptors (Lipinski definition) is 2. The second-order valence-corrected chi connectivity index (χ2v) is 8.68. The Kier molecular flexibility index (Phi) is 7.28. The van der Waals surface area contributed by atoms with Gasteiger partial charge in [0.05, 0.1) is 4.75 Å². The SMILES string of the molecule is CCC(C)(CC)C(CC)(CC)S(=O)(=O)NCCc1ccccc1. The van der Waals surface area contributed by atoms with Gasteiger partial charge in [0.2, 0.25) is 10.0 Å². The van der Waals surface area contributed by atoms with Crippen molar-refractivity contribution in [2.45, 2.75) is 71.5 Å². The Bertz CT molecular complexity index is 558. The molecule has 1 N–H and O–H groups in total. The summed E-state index contributed by atoms with van der Waals surface area (Å²) in [6.45, 7) is 10.8. The van der Waals surface area contributed by atoms with Crippen molar-refractivity contribution in [3.05, 3.63) is 35.9 Å². The van der Waals surface area contributed by atoms with Gasteiger partial charge in [-0.15, -0.1) is 0 Å². The van der Waals surface area contributed by atoms with E-state index in [9.17, 15) is 8.42 Å². The van der Waals surface area contributed by atoms with Crippen LogP contribution in [-0.2, 0) is 16.4 Å². The Morgan fingerprint density at radius 3 is 1.87 bits per heavy atom. The first kappa shape index (κ1) is 20.2. The Hall–Kier alpha value is -0.870. The zero-order chi connectivity index (χ0) is 17.6. The standard InChI is InChI=1S/C19H33NO2S/c1-6-18(5,7-2)19(8-3,9-4)23(21,22)20-16-15-17-13-11-10-12-14-17/h10-14,20H,6-9,15-16H2,1-5H3. The summed E-state index contributed by atoms with van der Waals surface area (Å²) in [6, 6.07) is 10.0. The van der Waals surface area contributed by atoms with Gasteiger partial charge in [-0.05, 0) is 43.1 Å². The molecule has 1 aromatic carbocycles. The maximum absolute atomic E-state index is 13.2. The molecule has 0 atom stereocenters. The first-order valence-electron chi connectivity index (χ1n) is 8.85. The maximum Gasteiger partial charge on any atom is 0.217 e. The van der Waals surface area contributed by atoms with Crippen molar-refractivity contribution in [2.75, 3.05) is 6.54 Å². The lowest BCUT2D eigenvalue weighted by Gasteiger charge is -2.46. The van der Waals surface area contributed by atoms with Gasteiger partial charge < -0.3 is 0 Å². The van der Waals surface area contributed by atoms with E-state index in [0.29, 0.717) is 19.4 Å². The van der Waals surface area contributed by atoms with Crippen LogP contribution in [0.5, 0.6) is 0 Å². The van der Waals surface area contributed by atoms with Gasteiger partial charge in [0, 0.05) is 6.54 Å². The van der Waals surface area contributed by atoms with Crippen molar-refractivity contribution in [3.63, 3.8) is 0 Å². The van der Waals surface area contributed by atoms with Gasteiger partial charge >= 0.3 is 0 Å². The zero-order valence-electron chi connectivity index (χ0n) is 15.4. The minimum absolute atomic E-state index is 0.213. The van der Waals surface area contributed by atoms with Crippen LogP contribution in [0.1, 0.15) is 65.9 Å². The van der Waals surface area contributed by atoms with Crippen LogP contribution in [-0.4, -0.2) is 19.7 Å². The van der Waals surface area contributed by atoms with E-state index >= 15 is 0 Å². The summed E-state index contributed by atoms with van der Waals surface area (Å²) >= 11 is 0. The fourth-order valence-corrected chi connectivity index (χ4v) is 6.16. The smallest absolute Gasteiger partial charge is 0.214 e. The second-order valence-electron chi connectivity index (χ2n) is 6.60. The van der Waals surface area contributed by atoms with E-state index in [0.717, 1.165) is 24.8 Å². The van der Waals surface area contributed by atoms with E-state index < -0.39 is 14.8 Å². The summed E-state index contributed by atoms with van der Waals surface area (Å²) in [4.78, 5) is 0. The topological polar surface area (TPSA) is 46.2 Å². The minimum atomic E-state index is -3.39. The molecule has 132 valence electrons. The summed E-state index contributed by atoms with van der Waals surface area (Å²) < 4.78 is 28.5. The Morgan fingerprint density at radius 1 is 0.913 bits per heavy atom. The highest BCUT2D eigenvalue weighted by atomic mass is 32.2. The van der Waals surface area contributed by atoms with E-state index in [4.69, 9.17) is 0 Å². The molecule has 0 radical (unpaired) electrons. The molecule has 0 saturated heterocycles. The zero-order valence-corrected chi connectivity index (χ0v) is 16.2. The number of rotatable bonds is 10. The van der Waals surface area contributed by atoms with E-state index in [2.05, 4.69) is 25.5 Å². The molecular weight excluding hydrogens is 306 g/mol.